The lowest BCUT2D eigenvalue weighted by Crippen LogP contribution is -2.02. The van der Waals surface area contributed by atoms with E-state index in [4.69, 9.17) is 9.05 Å². The molecule has 0 radical (unpaired) electrons. The van der Waals surface area contributed by atoms with Crippen LogP contribution in [0, 0.1) is 0 Å². The summed E-state index contributed by atoms with van der Waals surface area (Å²) in [6.07, 6.45) is 3.87. The van der Waals surface area contributed by atoms with Gasteiger partial charge in [0, 0.05) is 4.57 Å². The van der Waals surface area contributed by atoms with Gasteiger partial charge in [0.05, 0.1) is 0 Å². The van der Waals surface area contributed by atoms with Gasteiger partial charge in [0.15, 0.2) is 8.22 Å². The van der Waals surface area contributed by atoms with Crippen molar-refractivity contribution in [2.75, 3.05) is 0 Å². The second-order valence-corrected chi connectivity index (χ2v) is 6.48. The Morgan fingerprint density at radius 1 is 1.07 bits per heavy atom. The number of hydrogen-bond acceptors (Lipinski definition) is 3. The van der Waals surface area contributed by atoms with Gasteiger partial charge in [-0.3, -0.25) is 0 Å². The molecule has 84 valence electrons. The predicted molar refractivity (Wildman–Crippen MR) is 75.2 cm³/mol. The van der Waals surface area contributed by atoms with Crippen LogP contribution >= 0.6 is 53.4 Å². The third-order valence-electron chi connectivity index (χ3n) is 1.43. The monoisotopic (exact) mass is 445 g/mol. The van der Waals surface area contributed by atoms with Crippen molar-refractivity contribution in [3.05, 3.63) is 0 Å². The number of rotatable bonds is 8. The minimum Gasteiger partial charge on any atom is -0.105 e. The van der Waals surface area contributed by atoms with E-state index in [2.05, 4.69) is 59.0 Å². The van der Waals surface area contributed by atoms with Gasteiger partial charge >= 0.3 is 8.25 Å². The molecule has 0 aliphatic rings. The Morgan fingerprint density at radius 2 is 1.43 bits per heavy atom. The first kappa shape index (κ1) is 15.5. The van der Waals surface area contributed by atoms with Crippen LogP contribution in [0.15, 0.2) is 0 Å². The van der Waals surface area contributed by atoms with Gasteiger partial charge in [-0.2, -0.15) is 0 Å². The van der Waals surface area contributed by atoms with Crippen LogP contribution in [0.4, 0.5) is 0 Å². The predicted octanol–water partition coefficient (Wildman–Crippen LogP) is 4.80. The van der Waals surface area contributed by atoms with Crippen LogP contribution < -0.4 is 0 Å². The van der Waals surface area contributed by atoms with Crippen molar-refractivity contribution in [2.45, 2.75) is 47.8 Å². The highest BCUT2D eigenvalue weighted by Crippen LogP contribution is 2.34. The molecule has 0 fully saturated rings. The van der Waals surface area contributed by atoms with Gasteiger partial charge in [-0.25, -0.2) is 0 Å². The summed E-state index contributed by atoms with van der Waals surface area (Å²) >= 11 is 4.27. The standard InChI is InChI=1S/C8H16I2O3P/c1-3-5-7(9)12-14(11)13-8(10)6-4-2/h7-8H,3-6H2,1-2H3/q+1. The molecule has 6 heteroatoms. The molecule has 2 atom stereocenters. The Kier molecular flexibility index (Phi) is 10.7. The Bertz CT molecular complexity index is 153. The first-order valence-corrected chi connectivity index (χ1v) is 8.27. The van der Waals surface area contributed by atoms with Gasteiger partial charge in [0.1, 0.15) is 0 Å². The molecule has 0 N–H and O–H groups in total. The molecule has 3 nitrogen and oxygen atoms in total. The molecule has 0 aromatic carbocycles. The highest BCUT2D eigenvalue weighted by Gasteiger charge is 2.28. The van der Waals surface area contributed by atoms with Crippen LogP contribution in [0.1, 0.15) is 39.5 Å². The van der Waals surface area contributed by atoms with E-state index in [9.17, 15) is 4.57 Å². The molecule has 0 bridgehead atoms. The van der Waals surface area contributed by atoms with E-state index in [1.54, 1.807) is 0 Å². The van der Waals surface area contributed by atoms with Crippen LogP contribution in [0.25, 0.3) is 0 Å². The third kappa shape index (κ3) is 8.76. The van der Waals surface area contributed by atoms with Gasteiger partial charge in [-0.1, -0.05) is 26.7 Å². The van der Waals surface area contributed by atoms with E-state index >= 15 is 0 Å². The van der Waals surface area contributed by atoms with Crippen molar-refractivity contribution in [3.63, 3.8) is 0 Å². The van der Waals surface area contributed by atoms with Crippen molar-refractivity contribution in [1.29, 1.82) is 0 Å². The molecule has 0 aliphatic heterocycles. The first-order chi connectivity index (χ1) is 6.60. The fourth-order valence-corrected chi connectivity index (χ4v) is 3.76. The highest BCUT2D eigenvalue weighted by molar-refractivity contribution is 14.1. The number of halogens is 2. The molecule has 0 aromatic heterocycles. The van der Waals surface area contributed by atoms with Crippen molar-refractivity contribution in [1.82, 2.24) is 0 Å². The van der Waals surface area contributed by atoms with Crippen LogP contribution in [-0.4, -0.2) is 8.22 Å². The normalized spacial score (nSPS) is 16.4. The zero-order valence-electron chi connectivity index (χ0n) is 8.41. The number of hydrogen-bond donors (Lipinski definition) is 0. The van der Waals surface area contributed by atoms with Gasteiger partial charge in [0.25, 0.3) is 0 Å². The molecule has 0 rings (SSSR count). The average Bonchev–Trinajstić information content (AvgIpc) is 2.03. The summed E-state index contributed by atoms with van der Waals surface area (Å²) in [4.78, 5) is 0. The average molecular weight is 445 g/mol. The summed E-state index contributed by atoms with van der Waals surface area (Å²) in [5.41, 5.74) is 0. The van der Waals surface area contributed by atoms with Crippen LogP contribution in [0.2, 0.25) is 0 Å². The molecule has 0 amide bonds. The minimum absolute atomic E-state index is 0.00793. The van der Waals surface area contributed by atoms with Crippen LogP contribution in [0.5, 0.6) is 0 Å². The molecular weight excluding hydrogens is 429 g/mol. The molecule has 0 saturated heterocycles. The van der Waals surface area contributed by atoms with Gasteiger partial charge < -0.3 is 0 Å². The van der Waals surface area contributed by atoms with E-state index in [1.165, 1.54) is 0 Å². The molecule has 0 heterocycles. The maximum atomic E-state index is 11.3. The summed E-state index contributed by atoms with van der Waals surface area (Å²) in [7, 11) is -1.95. The van der Waals surface area contributed by atoms with Crippen molar-refractivity contribution < 1.29 is 13.6 Å². The molecule has 0 saturated carbocycles. The molecular formula is C8H16I2O3P+. The van der Waals surface area contributed by atoms with E-state index in [1.807, 2.05) is 0 Å². The summed E-state index contributed by atoms with van der Waals surface area (Å²) in [6.45, 7) is 4.14. The SMILES string of the molecule is CCCC(I)O[P+](=O)OC(I)CCC. The Balaban J connectivity index is 3.63. The maximum absolute atomic E-state index is 11.3. The van der Waals surface area contributed by atoms with Crippen molar-refractivity contribution >= 4 is 53.4 Å². The Hall–Kier alpha value is 1.48. The van der Waals surface area contributed by atoms with Crippen molar-refractivity contribution in [2.24, 2.45) is 0 Å². The minimum atomic E-state index is -1.95. The van der Waals surface area contributed by atoms with E-state index < -0.39 is 8.25 Å². The highest BCUT2D eigenvalue weighted by atomic mass is 127. The fourth-order valence-electron chi connectivity index (χ4n) is 0.771. The van der Waals surface area contributed by atoms with Gasteiger partial charge in [-0.15, -0.1) is 9.05 Å². The molecule has 2 unspecified atom stereocenters. The molecule has 0 spiro atoms. The molecule has 0 aromatic rings. The lowest BCUT2D eigenvalue weighted by Gasteiger charge is -2.01. The summed E-state index contributed by atoms with van der Waals surface area (Å²) in [6, 6.07) is 0. The van der Waals surface area contributed by atoms with Crippen molar-refractivity contribution in [3.8, 4) is 0 Å². The number of alkyl halides is 2. The second kappa shape index (κ2) is 9.69. The molecule has 14 heavy (non-hydrogen) atoms. The summed E-state index contributed by atoms with van der Waals surface area (Å²) in [5.74, 6) is 0. The zero-order chi connectivity index (χ0) is 11.0. The fraction of sp³-hybridized carbons (Fsp3) is 1.00. The topological polar surface area (TPSA) is 35.5 Å². The van der Waals surface area contributed by atoms with Gasteiger partial charge in [-0.05, 0) is 58.0 Å². The third-order valence-corrected chi connectivity index (χ3v) is 4.84. The Labute approximate surface area is 114 Å². The summed E-state index contributed by atoms with van der Waals surface area (Å²) < 4.78 is 21.6. The zero-order valence-corrected chi connectivity index (χ0v) is 13.6. The lowest BCUT2D eigenvalue weighted by atomic mass is 10.4. The quantitative estimate of drug-likeness (QED) is 0.306. The van der Waals surface area contributed by atoms with E-state index in [0.717, 1.165) is 25.7 Å². The van der Waals surface area contributed by atoms with Crippen LogP contribution in [-0.2, 0) is 13.6 Å². The second-order valence-electron chi connectivity index (χ2n) is 2.83. The Morgan fingerprint density at radius 3 is 1.71 bits per heavy atom. The molecule has 0 aliphatic carbocycles. The maximum Gasteiger partial charge on any atom is 0.699 e. The van der Waals surface area contributed by atoms with E-state index in [-0.39, 0.29) is 8.22 Å². The van der Waals surface area contributed by atoms with Gasteiger partial charge in [0.2, 0.25) is 0 Å². The summed E-state index contributed by atoms with van der Waals surface area (Å²) in [5, 5.41) is 0. The lowest BCUT2D eigenvalue weighted by molar-refractivity contribution is 0.205. The van der Waals surface area contributed by atoms with E-state index in [0.29, 0.717) is 0 Å². The largest absolute Gasteiger partial charge is 0.699 e. The van der Waals surface area contributed by atoms with Crippen LogP contribution in [0.3, 0.4) is 0 Å². The first-order valence-electron chi connectivity index (χ1n) is 4.69. The smallest absolute Gasteiger partial charge is 0.105 e.